The lowest BCUT2D eigenvalue weighted by Crippen LogP contribution is -2.26. The number of hydrogen-bond acceptors (Lipinski definition) is 5. The monoisotopic (exact) mass is 226 g/mol. The molecule has 6 heteroatoms. The van der Waals surface area contributed by atoms with Crippen LogP contribution in [0.2, 0.25) is 0 Å². The Bertz CT molecular complexity index is 481. The molecule has 1 aromatic heterocycles. The Hall–Kier alpha value is -0.685. The van der Waals surface area contributed by atoms with Crippen LogP contribution in [0, 0.1) is 0 Å². The van der Waals surface area contributed by atoms with Crippen LogP contribution in [-0.2, 0) is 0 Å². The normalized spacial score (nSPS) is 10.8. The molecule has 0 radical (unpaired) electrons. The second-order valence-corrected chi connectivity index (χ2v) is 4.47. The molecule has 2 aromatic rings. The Morgan fingerprint density at radius 2 is 1.93 bits per heavy atom. The first-order valence-corrected chi connectivity index (χ1v) is 5.16. The van der Waals surface area contributed by atoms with Crippen LogP contribution < -0.4 is 4.78 Å². The van der Waals surface area contributed by atoms with E-state index in [1.54, 1.807) is 12.1 Å². The predicted octanol–water partition coefficient (Wildman–Crippen LogP) is 0.575. The van der Waals surface area contributed by atoms with Gasteiger partial charge in [0.15, 0.2) is 0 Å². The summed E-state index contributed by atoms with van der Waals surface area (Å²) in [6, 6.07) is 4.72. The maximum atomic E-state index is 9.29. The largest absolute Gasteiger partial charge is 0.508 e. The van der Waals surface area contributed by atoms with Crippen LogP contribution in [0.3, 0.4) is 0 Å². The number of fused-ring (bicyclic) bond motifs is 1. The number of rotatable bonds is 1. The predicted molar refractivity (Wildman–Crippen MR) is 60.6 cm³/mol. The maximum absolute atomic E-state index is 9.29. The fraction of sp³-hybridized carbons (Fsp3) is 0. The highest BCUT2D eigenvalue weighted by molar-refractivity contribution is 7.80. The van der Waals surface area contributed by atoms with Crippen LogP contribution in [0.25, 0.3) is 10.1 Å². The van der Waals surface area contributed by atoms with E-state index in [0.717, 1.165) is 10.1 Å². The van der Waals surface area contributed by atoms with Crippen molar-refractivity contribution in [1.29, 1.82) is 0 Å². The minimum Gasteiger partial charge on any atom is -0.508 e. The van der Waals surface area contributed by atoms with Crippen LogP contribution in [0.4, 0.5) is 0 Å². The van der Waals surface area contributed by atoms with Gasteiger partial charge in [-0.2, -0.15) is 0 Å². The summed E-state index contributed by atoms with van der Waals surface area (Å²) in [6.45, 7) is 0. The second kappa shape index (κ2) is 3.47. The second-order valence-electron chi connectivity index (χ2n) is 2.91. The van der Waals surface area contributed by atoms with Crippen molar-refractivity contribution in [3.05, 3.63) is 18.2 Å². The van der Waals surface area contributed by atoms with Crippen LogP contribution in [0.15, 0.2) is 23.1 Å². The number of aromatic hydroxyl groups is 1. The molecule has 1 heterocycles. The lowest BCUT2D eigenvalue weighted by Gasteiger charge is -1.95. The molecule has 0 bridgehead atoms. The van der Waals surface area contributed by atoms with Crippen molar-refractivity contribution in [2.75, 3.05) is 0 Å². The van der Waals surface area contributed by atoms with Gasteiger partial charge in [0.2, 0.25) is 0 Å². The van der Waals surface area contributed by atoms with Crippen molar-refractivity contribution >= 4 is 45.9 Å². The number of thiol groups is 1. The first-order chi connectivity index (χ1) is 6.58. The third-order valence-corrected chi connectivity index (χ3v) is 3.58. The van der Waals surface area contributed by atoms with Gasteiger partial charge in [0.1, 0.15) is 5.75 Å². The van der Waals surface area contributed by atoms with Gasteiger partial charge < -0.3 is 15.2 Å². The van der Waals surface area contributed by atoms with Gasteiger partial charge in [0, 0.05) is 14.4 Å². The zero-order valence-corrected chi connectivity index (χ0v) is 8.72. The summed E-state index contributed by atoms with van der Waals surface area (Å²) < 4.78 is 1.29. The van der Waals surface area contributed by atoms with E-state index in [1.165, 1.54) is 17.4 Å². The Morgan fingerprint density at radius 1 is 1.21 bits per heavy atom. The van der Waals surface area contributed by atoms with Gasteiger partial charge in [0.05, 0.1) is 0 Å². The van der Waals surface area contributed by atoms with Crippen molar-refractivity contribution in [3.63, 3.8) is 0 Å². The summed E-state index contributed by atoms with van der Waals surface area (Å²) >= 11 is 5.44. The summed E-state index contributed by atoms with van der Waals surface area (Å²) in [5.41, 5.74) is 0. The number of thiophene rings is 1. The number of benzene rings is 1. The lowest BCUT2D eigenvalue weighted by molar-refractivity contribution is 0.427. The number of hydrogen-bond donors (Lipinski definition) is 4. The van der Waals surface area contributed by atoms with E-state index in [-0.39, 0.29) is 5.75 Å². The van der Waals surface area contributed by atoms with Crippen LogP contribution >= 0.6 is 24.0 Å². The molecule has 0 saturated heterocycles. The first-order valence-electron chi connectivity index (χ1n) is 3.89. The molecule has 3 N–H and O–H groups in total. The summed E-state index contributed by atoms with van der Waals surface area (Å²) in [5, 5.41) is 28.0. The maximum Gasteiger partial charge on any atom is 0.499 e. The first kappa shape index (κ1) is 9.85. The summed E-state index contributed by atoms with van der Waals surface area (Å²) in [5.74, 6) is 0.124. The van der Waals surface area contributed by atoms with Gasteiger partial charge in [-0.3, -0.25) is 0 Å². The van der Waals surface area contributed by atoms with Gasteiger partial charge in [-0.1, -0.05) is 0 Å². The van der Waals surface area contributed by atoms with E-state index < -0.39 is 7.12 Å². The molecule has 0 spiro atoms. The van der Waals surface area contributed by atoms with E-state index >= 15 is 0 Å². The van der Waals surface area contributed by atoms with Gasteiger partial charge in [-0.25, -0.2) is 0 Å². The highest BCUT2D eigenvalue weighted by Gasteiger charge is 2.15. The average molecular weight is 226 g/mol. The van der Waals surface area contributed by atoms with Crippen molar-refractivity contribution in [1.82, 2.24) is 0 Å². The summed E-state index contributed by atoms with van der Waals surface area (Å²) in [7, 11) is -1.47. The van der Waals surface area contributed by atoms with Crippen molar-refractivity contribution in [3.8, 4) is 5.75 Å². The molecule has 1 aromatic carbocycles. The molecule has 0 atom stereocenters. The highest BCUT2D eigenvalue weighted by atomic mass is 32.1. The molecule has 0 aliphatic heterocycles. The standard InChI is InChI=1S/C8H7BO3S2/c10-5-1-4-2-7(9(11)12)14-8(4)6(13)3-5/h1-3,10-13H. The summed E-state index contributed by atoms with van der Waals surface area (Å²) in [6.07, 6.45) is 0. The Balaban J connectivity index is 2.70. The minimum atomic E-state index is -1.47. The van der Waals surface area contributed by atoms with Crippen LogP contribution in [-0.4, -0.2) is 22.3 Å². The molecular formula is C8H7BO3S2. The highest BCUT2D eigenvalue weighted by Crippen LogP contribution is 2.30. The Morgan fingerprint density at radius 3 is 2.57 bits per heavy atom. The molecule has 0 fully saturated rings. The number of phenolic OH excluding ortho intramolecular Hbond substituents is 1. The van der Waals surface area contributed by atoms with E-state index in [0.29, 0.717) is 9.67 Å². The molecule has 0 saturated carbocycles. The fourth-order valence-corrected chi connectivity index (χ4v) is 2.59. The average Bonchev–Trinajstić information content (AvgIpc) is 2.47. The molecule has 72 valence electrons. The van der Waals surface area contributed by atoms with Crippen LogP contribution in [0.1, 0.15) is 0 Å². The molecule has 0 aliphatic rings. The van der Waals surface area contributed by atoms with E-state index in [4.69, 9.17) is 10.0 Å². The summed E-state index contributed by atoms with van der Waals surface area (Å²) in [4.78, 5) is 0.636. The lowest BCUT2D eigenvalue weighted by atomic mass is 9.89. The molecular weight excluding hydrogens is 219 g/mol. The fourth-order valence-electron chi connectivity index (χ4n) is 1.27. The quantitative estimate of drug-likeness (QED) is 0.425. The molecule has 0 unspecified atom stereocenters. The van der Waals surface area contributed by atoms with Crippen LogP contribution in [0.5, 0.6) is 5.75 Å². The molecule has 0 amide bonds. The van der Waals surface area contributed by atoms with Gasteiger partial charge >= 0.3 is 7.12 Å². The van der Waals surface area contributed by atoms with Gasteiger partial charge in [-0.05, 0) is 23.6 Å². The van der Waals surface area contributed by atoms with Gasteiger partial charge in [0.25, 0.3) is 0 Å². The van der Waals surface area contributed by atoms with E-state index in [1.807, 2.05) is 0 Å². The zero-order valence-electron chi connectivity index (χ0n) is 7.01. The minimum absolute atomic E-state index is 0.124. The van der Waals surface area contributed by atoms with Crippen molar-refractivity contribution in [2.24, 2.45) is 0 Å². The third kappa shape index (κ3) is 1.61. The van der Waals surface area contributed by atoms with Crippen molar-refractivity contribution < 1.29 is 15.2 Å². The SMILES string of the molecule is OB(O)c1cc2cc(O)cc(S)c2s1. The zero-order chi connectivity index (χ0) is 10.3. The number of phenols is 1. The Kier molecular flexibility index (Phi) is 2.44. The van der Waals surface area contributed by atoms with Gasteiger partial charge in [-0.15, -0.1) is 24.0 Å². The van der Waals surface area contributed by atoms with E-state index in [2.05, 4.69) is 12.6 Å². The van der Waals surface area contributed by atoms with Crippen molar-refractivity contribution in [2.45, 2.75) is 4.90 Å². The Labute approximate surface area is 90.2 Å². The smallest absolute Gasteiger partial charge is 0.499 e. The topological polar surface area (TPSA) is 60.7 Å². The molecule has 3 nitrogen and oxygen atoms in total. The third-order valence-electron chi connectivity index (χ3n) is 1.85. The molecule has 14 heavy (non-hydrogen) atoms. The molecule has 0 aliphatic carbocycles. The van der Waals surface area contributed by atoms with E-state index in [9.17, 15) is 5.11 Å². The molecule has 2 rings (SSSR count).